The first-order valence-electron chi connectivity index (χ1n) is 5.66. The molecule has 0 fully saturated rings. The van der Waals surface area contributed by atoms with Crippen molar-refractivity contribution in [3.63, 3.8) is 0 Å². The van der Waals surface area contributed by atoms with Crippen LogP contribution in [0.2, 0.25) is 5.02 Å². The molecule has 0 radical (unpaired) electrons. The summed E-state index contributed by atoms with van der Waals surface area (Å²) < 4.78 is 38.3. The lowest BCUT2D eigenvalue weighted by Crippen LogP contribution is -2.18. The number of halogens is 4. The highest BCUT2D eigenvalue weighted by molar-refractivity contribution is 6.30. The van der Waals surface area contributed by atoms with Crippen LogP contribution in [0.15, 0.2) is 18.2 Å². The third-order valence-electron chi connectivity index (χ3n) is 2.39. The molecule has 0 atom stereocenters. The maximum atomic E-state index is 12.8. The van der Waals surface area contributed by atoms with Crippen molar-refractivity contribution in [2.24, 2.45) is 0 Å². The van der Waals surface area contributed by atoms with E-state index < -0.39 is 17.6 Å². The predicted octanol–water partition coefficient (Wildman–Crippen LogP) is 3.30. The third kappa shape index (κ3) is 5.08. The van der Waals surface area contributed by atoms with E-state index in [-0.39, 0.29) is 17.1 Å². The standard InChI is InChI=1S/C12H14ClF3N2O/c1-17-6-2-3-11(19)18-10-5-4-8(13)7-9(10)12(14,15)16/h4-5,7,17H,2-3,6H2,1H3,(H,18,19). The average Bonchev–Trinajstić information content (AvgIpc) is 2.30. The van der Waals surface area contributed by atoms with Crippen molar-refractivity contribution < 1.29 is 18.0 Å². The summed E-state index contributed by atoms with van der Waals surface area (Å²) in [5.74, 6) is -0.455. The minimum atomic E-state index is -4.56. The topological polar surface area (TPSA) is 41.1 Å². The Bertz CT molecular complexity index is 449. The first-order chi connectivity index (χ1) is 8.84. The maximum Gasteiger partial charge on any atom is 0.418 e. The first-order valence-corrected chi connectivity index (χ1v) is 6.03. The lowest BCUT2D eigenvalue weighted by molar-refractivity contribution is -0.137. The van der Waals surface area contributed by atoms with Gasteiger partial charge in [0.1, 0.15) is 0 Å². The fourth-order valence-electron chi connectivity index (χ4n) is 1.50. The molecular formula is C12H14ClF3N2O. The van der Waals surface area contributed by atoms with Gasteiger partial charge < -0.3 is 10.6 Å². The van der Waals surface area contributed by atoms with E-state index in [0.29, 0.717) is 13.0 Å². The highest BCUT2D eigenvalue weighted by Gasteiger charge is 2.34. The lowest BCUT2D eigenvalue weighted by atomic mass is 10.1. The number of hydrogen-bond acceptors (Lipinski definition) is 2. The van der Waals surface area contributed by atoms with Crippen LogP contribution in [-0.4, -0.2) is 19.5 Å². The average molecular weight is 295 g/mol. The van der Waals surface area contributed by atoms with Crippen molar-refractivity contribution in [2.75, 3.05) is 18.9 Å². The predicted molar refractivity (Wildman–Crippen MR) is 68.2 cm³/mol. The Morgan fingerprint density at radius 2 is 2.05 bits per heavy atom. The molecule has 1 aromatic carbocycles. The molecule has 0 spiro atoms. The van der Waals surface area contributed by atoms with Gasteiger partial charge in [-0.1, -0.05) is 11.6 Å². The van der Waals surface area contributed by atoms with E-state index in [1.807, 2.05) is 0 Å². The van der Waals surface area contributed by atoms with E-state index in [2.05, 4.69) is 10.6 Å². The van der Waals surface area contributed by atoms with Crippen LogP contribution in [-0.2, 0) is 11.0 Å². The van der Waals surface area contributed by atoms with Gasteiger partial charge >= 0.3 is 6.18 Å². The molecule has 0 saturated heterocycles. The molecule has 2 N–H and O–H groups in total. The van der Waals surface area contributed by atoms with Gasteiger partial charge in [0.25, 0.3) is 0 Å². The molecule has 0 aliphatic heterocycles. The molecule has 3 nitrogen and oxygen atoms in total. The van der Waals surface area contributed by atoms with Crippen LogP contribution in [0.4, 0.5) is 18.9 Å². The summed E-state index contributed by atoms with van der Waals surface area (Å²) >= 11 is 5.54. The van der Waals surface area contributed by atoms with Crippen molar-refractivity contribution in [1.29, 1.82) is 0 Å². The molecule has 106 valence electrons. The molecule has 19 heavy (non-hydrogen) atoms. The van der Waals surface area contributed by atoms with Gasteiger partial charge in [-0.15, -0.1) is 0 Å². The summed E-state index contributed by atoms with van der Waals surface area (Å²) in [4.78, 5) is 11.5. The first kappa shape index (κ1) is 15.8. The van der Waals surface area contributed by atoms with Crippen LogP contribution in [0.3, 0.4) is 0 Å². The van der Waals surface area contributed by atoms with Crippen LogP contribution in [0.1, 0.15) is 18.4 Å². The van der Waals surface area contributed by atoms with Crippen molar-refractivity contribution in [1.82, 2.24) is 5.32 Å². The summed E-state index contributed by atoms with van der Waals surface area (Å²) in [7, 11) is 1.73. The Balaban J connectivity index is 2.80. The van der Waals surface area contributed by atoms with Crippen LogP contribution in [0.5, 0.6) is 0 Å². The second-order valence-electron chi connectivity index (χ2n) is 3.94. The van der Waals surface area contributed by atoms with Crippen molar-refractivity contribution in [3.05, 3.63) is 28.8 Å². The zero-order valence-electron chi connectivity index (χ0n) is 10.3. The molecule has 0 aliphatic rings. The van der Waals surface area contributed by atoms with Crippen LogP contribution in [0.25, 0.3) is 0 Å². The Labute approximate surface area is 114 Å². The maximum absolute atomic E-state index is 12.8. The minimum absolute atomic E-state index is 0.0273. The number of amides is 1. The SMILES string of the molecule is CNCCCC(=O)Nc1ccc(Cl)cc1C(F)(F)F. The molecular weight excluding hydrogens is 281 g/mol. The normalized spacial score (nSPS) is 11.4. The van der Waals surface area contributed by atoms with Gasteiger partial charge in [-0.3, -0.25) is 4.79 Å². The molecule has 0 aromatic heterocycles. The van der Waals surface area contributed by atoms with Gasteiger partial charge in [-0.25, -0.2) is 0 Å². The Kier molecular flexibility index (Phi) is 5.62. The number of carbonyl (C=O) groups is 1. The number of nitrogens with one attached hydrogen (secondary N) is 2. The lowest BCUT2D eigenvalue weighted by Gasteiger charge is -2.14. The quantitative estimate of drug-likeness (QED) is 0.818. The Hall–Kier alpha value is -1.27. The zero-order chi connectivity index (χ0) is 14.5. The molecule has 0 unspecified atom stereocenters. The summed E-state index contributed by atoms with van der Waals surface area (Å²) in [6.45, 7) is 0.625. The summed E-state index contributed by atoms with van der Waals surface area (Å²) in [6.07, 6.45) is -3.85. The van der Waals surface area contributed by atoms with Crippen LogP contribution < -0.4 is 10.6 Å². The van der Waals surface area contributed by atoms with Crippen molar-refractivity contribution >= 4 is 23.2 Å². The van der Waals surface area contributed by atoms with Gasteiger partial charge in [-0.05, 0) is 38.2 Å². The molecule has 0 heterocycles. The van der Waals surface area contributed by atoms with Gasteiger partial charge in [0.15, 0.2) is 0 Å². The fourth-order valence-corrected chi connectivity index (χ4v) is 1.67. The molecule has 1 amide bonds. The molecule has 0 saturated carbocycles. The molecule has 1 rings (SSSR count). The summed E-state index contributed by atoms with van der Waals surface area (Å²) in [6, 6.07) is 3.26. The Morgan fingerprint density at radius 1 is 1.37 bits per heavy atom. The fraction of sp³-hybridized carbons (Fsp3) is 0.417. The zero-order valence-corrected chi connectivity index (χ0v) is 11.0. The number of benzene rings is 1. The van der Waals surface area contributed by atoms with Gasteiger partial charge in [0, 0.05) is 11.4 Å². The van der Waals surface area contributed by atoms with Gasteiger partial charge in [-0.2, -0.15) is 13.2 Å². The van der Waals surface area contributed by atoms with Crippen molar-refractivity contribution in [3.8, 4) is 0 Å². The van der Waals surface area contributed by atoms with E-state index in [0.717, 1.165) is 12.1 Å². The highest BCUT2D eigenvalue weighted by atomic mass is 35.5. The van der Waals surface area contributed by atoms with Crippen LogP contribution >= 0.6 is 11.6 Å². The number of rotatable bonds is 5. The van der Waals surface area contributed by atoms with E-state index in [1.54, 1.807) is 7.05 Å². The summed E-state index contributed by atoms with van der Waals surface area (Å²) in [5.41, 5.74) is -1.21. The van der Waals surface area contributed by atoms with E-state index in [1.165, 1.54) is 6.07 Å². The number of anilines is 1. The van der Waals surface area contributed by atoms with E-state index >= 15 is 0 Å². The minimum Gasteiger partial charge on any atom is -0.326 e. The van der Waals surface area contributed by atoms with E-state index in [9.17, 15) is 18.0 Å². The monoisotopic (exact) mass is 294 g/mol. The largest absolute Gasteiger partial charge is 0.418 e. The van der Waals surface area contributed by atoms with Gasteiger partial charge in [0.2, 0.25) is 5.91 Å². The summed E-state index contributed by atoms with van der Waals surface area (Å²) in [5, 5.41) is 5.08. The van der Waals surface area contributed by atoms with Gasteiger partial charge in [0.05, 0.1) is 11.3 Å². The smallest absolute Gasteiger partial charge is 0.326 e. The molecule has 7 heteroatoms. The highest BCUT2D eigenvalue weighted by Crippen LogP contribution is 2.36. The van der Waals surface area contributed by atoms with Crippen molar-refractivity contribution in [2.45, 2.75) is 19.0 Å². The Morgan fingerprint density at radius 3 is 2.63 bits per heavy atom. The molecule has 0 aliphatic carbocycles. The second kappa shape index (κ2) is 6.77. The van der Waals surface area contributed by atoms with Crippen LogP contribution in [0, 0.1) is 0 Å². The number of hydrogen-bond donors (Lipinski definition) is 2. The molecule has 0 bridgehead atoms. The second-order valence-corrected chi connectivity index (χ2v) is 4.38. The third-order valence-corrected chi connectivity index (χ3v) is 2.63. The number of alkyl halides is 3. The molecule has 1 aromatic rings. The number of carbonyl (C=O) groups excluding carboxylic acids is 1. The van der Waals surface area contributed by atoms with E-state index in [4.69, 9.17) is 11.6 Å².